The van der Waals surface area contributed by atoms with Gasteiger partial charge in [-0.2, -0.15) is 0 Å². The number of thioether (sulfide) groups is 1. The number of carbonyl (C=O) groups is 1. The van der Waals surface area contributed by atoms with Crippen molar-refractivity contribution in [2.24, 2.45) is 11.8 Å². The van der Waals surface area contributed by atoms with Crippen LogP contribution in [-0.2, 0) is 4.79 Å². The van der Waals surface area contributed by atoms with Crippen LogP contribution in [0.5, 0.6) is 5.75 Å². The van der Waals surface area contributed by atoms with E-state index in [1.807, 2.05) is 24.3 Å². The van der Waals surface area contributed by atoms with Gasteiger partial charge in [-0.1, -0.05) is 38.5 Å². The molecule has 1 saturated carbocycles. The fourth-order valence-electron chi connectivity index (χ4n) is 3.94. The third kappa shape index (κ3) is 5.13. The van der Waals surface area contributed by atoms with Crippen molar-refractivity contribution in [1.82, 2.24) is 20.1 Å². The molecule has 1 aromatic heterocycles. The van der Waals surface area contributed by atoms with Gasteiger partial charge >= 0.3 is 0 Å². The molecule has 0 radical (unpaired) electrons. The zero-order valence-electron chi connectivity index (χ0n) is 18.0. The highest BCUT2D eigenvalue weighted by atomic mass is 32.2. The lowest BCUT2D eigenvalue weighted by atomic mass is 9.78. The first kappa shape index (κ1) is 21.7. The summed E-state index contributed by atoms with van der Waals surface area (Å²) in [4.78, 5) is 12.6. The maximum atomic E-state index is 12.6. The maximum Gasteiger partial charge on any atom is 0.230 e. The maximum absolute atomic E-state index is 12.6. The Kier molecular flexibility index (Phi) is 7.22. The molecular weight excluding hydrogens is 384 g/mol. The summed E-state index contributed by atoms with van der Waals surface area (Å²) in [6, 6.07) is 8.27. The fourth-order valence-corrected chi connectivity index (χ4v) is 4.82. The number of hydrogen-bond acceptors (Lipinski definition) is 5. The van der Waals surface area contributed by atoms with Gasteiger partial charge in [0.1, 0.15) is 5.75 Å². The predicted octanol–water partition coefficient (Wildman–Crippen LogP) is 4.57. The summed E-state index contributed by atoms with van der Waals surface area (Å²) in [6.45, 7) is 8.74. The normalized spacial score (nSPS) is 21.9. The lowest BCUT2D eigenvalue weighted by Gasteiger charge is -2.34. The Morgan fingerprint density at radius 1 is 1.24 bits per heavy atom. The van der Waals surface area contributed by atoms with Crippen LogP contribution in [0.3, 0.4) is 0 Å². The Hall–Kier alpha value is -2.02. The highest BCUT2D eigenvalue weighted by Gasteiger charge is 2.28. The first-order valence-electron chi connectivity index (χ1n) is 10.4. The first-order valence-corrected chi connectivity index (χ1v) is 11.4. The monoisotopic (exact) mass is 416 g/mol. The number of benzene rings is 1. The van der Waals surface area contributed by atoms with Gasteiger partial charge in [-0.25, -0.2) is 0 Å². The lowest BCUT2D eigenvalue weighted by molar-refractivity contribution is -0.120. The van der Waals surface area contributed by atoms with Gasteiger partial charge in [-0.15, -0.1) is 10.2 Å². The second kappa shape index (κ2) is 9.65. The van der Waals surface area contributed by atoms with Crippen LogP contribution in [-0.4, -0.2) is 39.6 Å². The van der Waals surface area contributed by atoms with Gasteiger partial charge in [-0.05, 0) is 56.4 Å². The van der Waals surface area contributed by atoms with E-state index < -0.39 is 0 Å². The number of nitrogens with one attached hydrogen (secondary N) is 1. The van der Waals surface area contributed by atoms with Gasteiger partial charge in [0.05, 0.1) is 12.9 Å². The van der Waals surface area contributed by atoms with Crippen LogP contribution in [0.25, 0.3) is 11.4 Å². The van der Waals surface area contributed by atoms with Crippen molar-refractivity contribution in [2.45, 2.75) is 64.2 Å². The smallest absolute Gasteiger partial charge is 0.230 e. The molecular formula is C22H32N4O2S. The van der Waals surface area contributed by atoms with E-state index in [-0.39, 0.29) is 18.0 Å². The molecule has 7 heteroatoms. The number of nitrogens with zero attached hydrogens (tertiary/aromatic N) is 3. The van der Waals surface area contributed by atoms with E-state index in [4.69, 9.17) is 4.74 Å². The number of ether oxygens (including phenoxy) is 1. The molecule has 29 heavy (non-hydrogen) atoms. The van der Waals surface area contributed by atoms with E-state index >= 15 is 0 Å². The van der Waals surface area contributed by atoms with E-state index in [9.17, 15) is 4.79 Å². The molecule has 1 aliphatic rings. The number of carbonyl (C=O) groups excluding carboxylic acids is 1. The van der Waals surface area contributed by atoms with Crippen LogP contribution >= 0.6 is 11.8 Å². The Balaban J connectivity index is 1.67. The Labute approximate surface area is 177 Å². The summed E-state index contributed by atoms with van der Waals surface area (Å²) in [6.07, 6.45) is 3.52. The topological polar surface area (TPSA) is 69.0 Å². The van der Waals surface area contributed by atoms with Crippen LogP contribution in [0.2, 0.25) is 0 Å². The van der Waals surface area contributed by atoms with Crippen molar-refractivity contribution in [1.29, 1.82) is 0 Å². The van der Waals surface area contributed by atoms with Gasteiger partial charge in [0.25, 0.3) is 0 Å². The summed E-state index contributed by atoms with van der Waals surface area (Å²) >= 11 is 1.45. The molecule has 1 fully saturated rings. The van der Waals surface area contributed by atoms with Gasteiger partial charge in [0.2, 0.25) is 5.91 Å². The molecule has 0 bridgehead atoms. The molecule has 3 atom stereocenters. The van der Waals surface area contributed by atoms with Gasteiger partial charge in [-0.3, -0.25) is 9.36 Å². The zero-order chi connectivity index (χ0) is 21.0. The second-order valence-corrected chi connectivity index (χ2v) is 9.17. The van der Waals surface area contributed by atoms with Gasteiger partial charge < -0.3 is 10.1 Å². The second-order valence-electron chi connectivity index (χ2n) is 8.23. The van der Waals surface area contributed by atoms with Gasteiger partial charge in [0, 0.05) is 17.6 Å². The van der Waals surface area contributed by atoms with Crippen molar-refractivity contribution in [2.75, 3.05) is 12.9 Å². The summed E-state index contributed by atoms with van der Waals surface area (Å²) in [5.74, 6) is 3.23. The SMILES string of the molecule is COc1ccc(-c2nnc(SCC(=O)N[C@@H]3CCC[C@@H](C)[C@@H]3C)n2C(C)C)cc1. The highest BCUT2D eigenvalue weighted by molar-refractivity contribution is 7.99. The van der Waals surface area contributed by atoms with Crippen LogP contribution in [0.15, 0.2) is 29.4 Å². The molecule has 1 aliphatic carbocycles. The lowest BCUT2D eigenvalue weighted by Crippen LogP contribution is -2.44. The average Bonchev–Trinajstić information content (AvgIpc) is 3.14. The Bertz CT molecular complexity index is 819. The van der Waals surface area contributed by atoms with Crippen LogP contribution < -0.4 is 10.1 Å². The van der Waals surface area contributed by atoms with Crippen molar-refractivity contribution in [3.8, 4) is 17.1 Å². The number of hydrogen-bond donors (Lipinski definition) is 1. The van der Waals surface area contributed by atoms with E-state index in [0.29, 0.717) is 17.6 Å². The minimum absolute atomic E-state index is 0.0743. The minimum Gasteiger partial charge on any atom is -0.497 e. The van der Waals surface area contributed by atoms with E-state index in [1.165, 1.54) is 24.6 Å². The summed E-state index contributed by atoms with van der Waals surface area (Å²) in [5, 5.41) is 12.8. The van der Waals surface area contributed by atoms with E-state index in [1.54, 1.807) is 7.11 Å². The number of rotatable bonds is 7. The third-order valence-electron chi connectivity index (χ3n) is 5.91. The molecule has 1 amide bonds. The number of methoxy groups -OCH3 is 1. The third-order valence-corrected chi connectivity index (χ3v) is 6.86. The summed E-state index contributed by atoms with van der Waals surface area (Å²) in [7, 11) is 1.65. The zero-order valence-corrected chi connectivity index (χ0v) is 18.8. The quantitative estimate of drug-likeness (QED) is 0.670. The Morgan fingerprint density at radius 3 is 2.62 bits per heavy atom. The average molecular weight is 417 g/mol. The first-order chi connectivity index (χ1) is 13.9. The molecule has 158 valence electrons. The van der Waals surface area contributed by atoms with Crippen LogP contribution in [0.4, 0.5) is 0 Å². The standard InChI is InChI=1S/C22H32N4O2S/c1-14(2)26-21(17-9-11-18(28-5)12-10-17)24-25-22(26)29-13-20(27)23-19-8-6-7-15(3)16(19)4/h9-12,14-16,19H,6-8,13H2,1-5H3,(H,23,27)/t15-,16+,19-/m1/s1. The largest absolute Gasteiger partial charge is 0.497 e. The molecule has 0 unspecified atom stereocenters. The predicted molar refractivity (Wildman–Crippen MR) is 117 cm³/mol. The number of amides is 1. The van der Waals surface area contributed by atoms with E-state index in [2.05, 4.69) is 47.8 Å². The number of aromatic nitrogens is 3. The van der Waals surface area contributed by atoms with Crippen molar-refractivity contribution in [3.05, 3.63) is 24.3 Å². The van der Waals surface area contributed by atoms with Crippen molar-refractivity contribution in [3.63, 3.8) is 0 Å². The molecule has 2 aromatic rings. The van der Waals surface area contributed by atoms with Crippen LogP contribution in [0, 0.1) is 11.8 Å². The molecule has 1 aromatic carbocycles. The summed E-state index contributed by atoms with van der Waals surface area (Å²) in [5.41, 5.74) is 0.980. The van der Waals surface area contributed by atoms with Gasteiger partial charge in [0.15, 0.2) is 11.0 Å². The molecule has 0 saturated heterocycles. The van der Waals surface area contributed by atoms with Crippen molar-refractivity contribution >= 4 is 17.7 Å². The minimum atomic E-state index is 0.0743. The fraction of sp³-hybridized carbons (Fsp3) is 0.591. The molecule has 0 aliphatic heterocycles. The Morgan fingerprint density at radius 2 is 1.97 bits per heavy atom. The highest BCUT2D eigenvalue weighted by Crippen LogP contribution is 2.31. The molecule has 0 spiro atoms. The van der Waals surface area contributed by atoms with Crippen LogP contribution in [0.1, 0.15) is 53.0 Å². The summed E-state index contributed by atoms with van der Waals surface area (Å²) < 4.78 is 7.33. The van der Waals surface area contributed by atoms with E-state index in [0.717, 1.165) is 28.7 Å². The molecule has 1 N–H and O–H groups in total. The molecule has 1 heterocycles. The molecule has 6 nitrogen and oxygen atoms in total. The molecule has 3 rings (SSSR count). The van der Waals surface area contributed by atoms with Crippen molar-refractivity contribution < 1.29 is 9.53 Å².